The average Bonchev–Trinajstić information content (AvgIpc) is 2.37. The lowest BCUT2D eigenvalue weighted by Crippen LogP contribution is -2.02. The topological polar surface area (TPSA) is 86.0 Å². The maximum Gasteiger partial charge on any atom is 0.303 e. The summed E-state index contributed by atoms with van der Waals surface area (Å²) in [6.07, 6.45) is 5.54. The fraction of sp³-hybridized carbons (Fsp3) is 0.462. The molecule has 0 atom stereocenters. The van der Waals surface area contributed by atoms with E-state index in [2.05, 4.69) is 10.3 Å². The van der Waals surface area contributed by atoms with Crippen molar-refractivity contribution in [2.75, 3.05) is 11.9 Å². The zero-order valence-electron chi connectivity index (χ0n) is 10.2. The van der Waals surface area contributed by atoms with Crippen molar-refractivity contribution >= 4 is 11.7 Å². The van der Waals surface area contributed by atoms with E-state index in [0.29, 0.717) is 5.69 Å². The fourth-order valence-electron chi connectivity index (χ4n) is 1.59. The standard InChI is InChI=1S/C13H17N3O2/c14-10-12-9-11(6-8-16-12)15-7-4-2-1-3-5-13(17)18/h6,8-9H,1-5,7H2,(H,15,16)(H,17,18). The number of hydrogen-bond donors (Lipinski definition) is 2. The van der Waals surface area contributed by atoms with Gasteiger partial charge in [-0.05, 0) is 25.0 Å². The number of carbonyl (C=O) groups is 1. The Morgan fingerprint density at radius 3 is 2.89 bits per heavy atom. The van der Waals surface area contributed by atoms with E-state index in [4.69, 9.17) is 10.4 Å². The molecule has 0 unspecified atom stereocenters. The fourth-order valence-corrected chi connectivity index (χ4v) is 1.59. The first kappa shape index (κ1) is 14.0. The van der Waals surface area contributed by atoms with Crippen LogP contribution in [0.3, 0.4) is 0 Å². The minimum Gasteiger partial charge on any atom is -0.481 e. The van der Waals surface area contributed by atoms with Gasteiger partial charge < -0.3 is 10.4 Å². The number of pyridine rings is 1. The molecular weight excluding hydrogens is 230 g/mol. The molecule has 2 N–H and O–H groups in total. The Bertz CT molecular complexity index is 426. The van der Waals surface area contributed by atoms with Gasteiger partial charge in [-0.2, -0.15) is 5.26 Å². The number of aromatic nitrogens is 1. The Labute approximate surface area is 106 Å². The van der Waals surface area contributed by atoms with E-state index in [9.17, 15) is 4.79 Å². The summed E-state index contributed by atoms with van der Waals surface area (Å²) in [7, 11) is 0. The molecule has 0 bridgehead atoms. The summed E-state index contributed by atoms with van der Waals surface area (Å²) in [5.74, 6) is -0.728. The monoisotopic (exact) mass is 247 g/mol. The van der Waals surface area contributed by atoms with Crippen LogP contribution >= 0.6 is 0 Å². The Morgan fingerprint density at radius 2 is 2.17 bits per heavy atom. The lowest BCUT2D eigenvalue weighted by Gasteiger charge is -2.05. The van der Waals surface area contributed by atoms with Gasteiger partial charge in [-0.1, -0.05) is 12.8 Å². The van der Waals surface area contributed by atoms with E-state index in [1.807, 2.05) is 12.1 Å². The molecule has 5 nitrogen and oxygen atoms in total. The number of hydrogen-bond acceptors (Lipinski definition) is 4. The summed E-state index contributed by atoms with van der Waals surface area (Å²) in [6.45, 7) is 0.821. The normalized spacial score (nSPS) is 9.72. The third-order valence-electron chi connectivity index (χ3n) is 2.52. The molecule has 1 aromatic heterocycles. The molecule has 1 heterocycles. The van der Waals surface area contributed by atoms with Crippen LogP contribution in [0.15, 0.2) is 18.3 Å². The molecule has 0 aliphatic carbocycles. The van der Waals surface area contributed by atoms with Crippen molar-refractivity contribution in [1.82, 2.24) is 4.98 Å². The van der Waals surface area contributed by atoms with Crippen LogP contribution in [0.2, 0.25) is 0 Å². The minimum absolute atomic E-state index is 0.253. The minimum atomic E-state index is -0.728. The molecule has 0 aliphatic rings. The maximum atomic E-state index is 10.3. The molecule has 0 aliphatic heterocycles. The average molecular weight is 247 g/mol. The highest BCUT2D eigenvalue weighted by Crippen LogP contribution is 2.08. The lowest BCUT2D eigenvalue weighted by atomic mass is 10.1. The van der Waals surface area contributed by atoms with Gasteiger partial charge in [-0.15, -0.1) is 0 Å². The molecule has 0 radical (unpaired) electrons. The zero-order valence-corrected chi connectivity index (χ0v) is 10.2. The highest BCUT2D eigenvalue weighted by Gasteiger charge is 1.97. The summed E-state index contributed by atoms with van der Waals surface area (Å²) < 4.78 is 0. The van der Waals surface area contributed by atoms with Crippen LogP contribution in [-0.4, -0.2) is 22.6 Å². The van der Waals surface area contributed by atoms with Crippen molar-refractivity contribution in [2.45, 2.75) is 32.1 Å². The van der Waals surface area contributed by atoms with E-state index in [0.717, 1.165) is 37.9 Å². The second-order valence-corrected chi connectivity index (χ2v) is 4.03. The van der Waals surface area contributed by atoms with Gasteiger partial charge in [0.25, 0.3) is 0 Å². The second kappa shape index (κ2) is 8.07. The summed E-state index contributed by atoms with van der Waals surface area (Å²) >= 11 is 0. The number of anilines is 1. The van der Waals surface area contributed by atoms with Crippen LogP contribution in [0.5, 0.6) is 0 Å². The SMILES string of the molecule is N#Cc1cc(NCCCCCCC(=O)O)ccn1. The van der Waals surface area contributed by atoms with Crippen molar-refractivity contribution in [3.8, 4) is 6.07 Å². The van der Waals surface area contributed by atoms with E-state index in [1.165, 1.54) is 0 Å². The van der Waals surface area contributed by atoms with Crippen molar-refractivity contribution in [3.63, 3.8) is 0 Å². The molecule has 1 aromatic rings. The molecule has 96 valence electrons. The van der Waals surface area contributed by atoms with E-state index < -0.39 is 5.97 Å². The first-order valence-corrected chi connectivity index (χ1v) is 6.04. The van der Waals surface area contributed by atoms with E-state index in [1.54, 1.807) is 12.3 Å². The summed E-state index contributed by atoms with van der Waals surface area (Å²) in [5.41, 5.74) is 1.30. The molecule has 0 saturated carbocycles. The van der Waals surface area contributed by atoms with Crippen molar-refractivity contribution in [2.24, 2.45) is 0 Å². The number of rotatable bonds is 8. The number of nitrogens with zero attached hydrogens (tertiary/aromatic N) is 2. The number of nitrogens with one attached hydrogen (secondary N) is 1. The largest absolute Gasteiger partial charge is 0.481 e. The summed E-state index contributed by atoms with van der Waals surface area (Å²) in [5, 5.41) is 20.4. The smallest absolute Gasteiger partial charge is 0.303 e. The van der Waals surface area contributed by atoms with Gasteiger partial charge in [0.15, 0.2) is 0 Å². The van der Waals surface area contributed by atoms with E-state index in [-0.39, 0.29) is 6.42 Å². The van der Waals surface area contributed by atoms with Crippen molar-refractivity contribution in [1.29, 1.82) is 5.26 Å². The predicted molar refractivity (Wildman–Crippen MR) is 68.2 cm³/mol. The Morgan fingerprint density at radius 1 is 1.39 bits per heavy atom. The molecule has 1 rings (SSSR count). The van der Waals surface area contributed by atoms with E-state index >= 15 is 0 Å². The number of nitriles is 1. The van der Waals surface area contributed by atoms with Crippen LogP contribution in [-0.2, 0) is 4.79 Å². The molecule has 5 heteroatoms. The lowest BCUT2D eigenvalue weighted by molar-refractivity contribution is -0.137. The van der Waals surface area contributed by atoms with Crippen molar-refractivity contribution < 1.29 is 9.90 Å². The second-order valence-electron chi connectivity index (χ2n) is 4.03. The van der Waals surface area contributed by atoms with Gasteiger partial charge >= 0.3 is 5.97 Å². The summed E-state index contributed by atoms with van der Waals surface area (Å²) in [4.78, 5) is 14.2. The quantitative estimate of drug-likeness (QED) is 0.689. The predicted octanol–water partition coefficient (Wildman–Crippen LogP) is 2.40. The molecule has 18 heavy (non-hydrogen) atoms. The third kappa shape index (κ3) is 5.85. The third-order valence-corrected chi connectivity index (χ3v) is 2.52. The number of unbranched alkanes of at least 4 members (excludes halogenated alkanes) is 3. The molecule has 0 saturated heterocycles. The molecule has 0 amide bonds. The van der Waals surface area contributed by atoms with Gasteiger partial charge in [-0.3, -0.25) is 4.79 Å². The Hall–Kier alpha value is -2.09. The van der Waals surface area contributed by atoms with Gasteiger partial charge in [0.2, 0.25) is 0 Å². The summed E-state index contributed by atoms with van der Waals surface area (Å²) in [6, 6.07) is 5.53. The Kier molecular flexibility index (Phi) is 6.26. The Balaban J connectivity index is 2.10. The molecule has 0 fully saturated rings. The maximum absolute atomic E-state index is 10.3. The molecular formula is C13H17N3O2. The van der Waals surface area contributed by atoms with Gasteiger partial charge in [0.1, 0.15) is 11.8 Å². The highest BCUT2D eigenvalue weighted by molar-refractivity contribution is 5.66. The highest BCUT2D eigenvalue weighted by atomic mass is 16.4. The van der Waals surface area contributed by atoms with Crippen LogP contribution in [0.4, 0.5) is 5.69 Å². The number of aliphatic carboxylic acids is 1. The van der Waals surface area contributed by atoms with Crippen molar-refractivity contribution in [3.05, 3.63) is 24.0 Å². The van der Waals surface area contributed by atoms with Gasteiger partial charge in [-0.25, -0.2) is 4.98 Å². The van der Waals surface area contributed by atoms with Gasteiger partial charge in [0, 0.05) is 24.8 Å². The van der Waals surface area contributed by atoms with Crippen LogP contribution in [0, 0.1) is 11.3 Å². The molecule has 0 spiro atoms. The molecule has 0 aromatic carbocycles. The number of carboxylic acid groups (broad SMARTS) is 1. The first-order valence-electron chi connectivity index (χ1n) is 6.04. The number of carboxylic acids is 1. The zero-order chi connectivity index (χ0) is 13.2. The van der Waals surface area contributed by atoms with Crippen LogP contribution in [0.1, 0.15) is 37.8 Å². The first-order chi connectivity index (χ1) is 8.72. The van der Waals surface area contributed by atoms with Crippen LogP contribution in [0.25, 0.3) is 0 Å². The van der Waals surface area contributed by atoms with Crippen LogP contribution < -0.4 is 5.32 Å². The van der Waals surface area contributed by atoms with Gasteiger partial charge in [0.05, 0.1) is 0 Å².